The van der Waals surface area contributed by atoms with Crippen molar-refractivity contribution in [2.24, 2.45) is 17.1 Å². The van der Waals surface area contributed by atoms with Crippen molar-refractivity contribution in [3.05, 3.63) is 0 Å². The number of nitrogens with two attached hydrogens (primary N) is 1. The number of hydrogen-bond acceptors (Lipinski definition) is 2. The van der Waals surface area contributed by atoms with Crippen molar-refractivity contribution in [1.82, 2.24) is 4.90 Å². The van der Waals surface area contributed by atoms with Crippen LogP contribution in [0, 0.1) is 11.3 Å². The Bertz CT molecular complexity index is 168. The molecule has 1 rings (SSSR count). The second-order valence-electron chi connectivity index (χ2n) is 5.97. The molecule has 0 aromatic rings. The third-order valence-electron chi connectivity index (χ3n) is 3.23. The highest BCUT2D eigenvalue weighted by Crippen LogP contribution is 2.32. The van der Waals surface area contributed by atoms with Crippen molar-refractivity contribution >= 4 is 0 Å². The molecule has 0 amide bonds. The van der Waals surface area contributed by atoms with Gasteiger partial charge < -0.3 is 10.6 Å². The van der Waals surface area contributed by atoms with E-state index in [1.165, 1.54) is 19.3 Å². The molecule has 1 unspecified atom stereocenters. The molecule has 1 fully saturated rings. The van der Waals surface area contributed by atoms with E-state index in [1.807, 2.05) is 0 Å². The fourth-order valence-corrected chi connectivity index (χ4v) is 2.42. The van der Waals surface area contributed by atoms with Gasteiger partial charge >= 0.3 is 0 Å². The lowest BCUT2D eigenvalue weighted by Crippen LogP contribution is -2.48. The monoisotopic (exact) mass is 198 g/mol. The van der Waals surface area contributed by atoms with Gasteiger partial charge in [-0.15, -0.1) is 0 Å². The van der Waals surface area contributed by atoms with Gasteiger partial charge in [0.05, 0.1) is 0 Å². The molecule has 2 N–H and O–H groups in total. The summed E-state index contributed by atoms with van der Waals surface area (Å²) in [6.45, 7) is 8.83. The second-order valence-corrected chi connectivity index (χ2v) is 5.97. The largest absolute Gasteiger partial charge is 0.329 e. The first-order chi connectivity index (χ1) is 6.44. The normalized spacial score (nSPS) is 21.0. The molecule has 84 valence electrons. The SMILES string of the molecule is CN(CC(C)(C)C)C(CN)C1CCC1. The molecule has 1 aliphatic carbocycles. The molecular formula is C12H26N2. The van der Waals surface area contributed by atoms with Crippen LogP contribution in [0.1, 0.15) is 40.0 Å². The van der Waals surface area contributed by atoms with Crippen LogP contribution in [0.15, 0.2) is 0 Å². The molecule has 2 nitrogen and oxygen atoms in total. The Hall–Kier alpha value is -0.0800. The van der Waals surface area contributed by atoms with Gasteiger partial charge in [0.1, 0.15) is 0 Å². The lowest BCUT2D eigenvalue weighted by molar-refractivity contribution is 0.0941. The molecule has 0 spiro atoms. The van der Waals surface area contributed by atoms with Gasteiger partial charge in [-0.1, -0.05) is 27.2 Å². The van der Waals surface area contributed by atoms with Crippen LogP contribution in [-0.2, 0) is 0 Å². The Morgan fingerprint density at radius 1 is 1.36 bits per heavy atom. The summed E-state index contributed by atoms with van der Waals surface area (Å²) < 4.78 is 0. The Kier molecular flexibility index (Phi) is 3.96. The summed E-state index contributed by atoms with van der Waals surface area (Å²) in [7, 11) is 2.22. The summed E-state index contributed by atoms with van der Waals surface area (Å²) in [5.41, 5.74) is 6.24. The van der Waals surface area contributed by atoms with Crippen LogP contribution in [0.25, 0.3) is 0 Å². The average molecular weight is 198 g/mol. The predicted octanol–water partition coefficient (Wildman–Crippen LogP) is 2.09. The summed E-state index contributed by atoms with van der Waals surface area (Å²) in [5, 5.41) is 0. The Labute approximate surface area is 88.8 Å². The van der Waals surface area contributed by atoms with Gasteiger partial charge in [-0.05, 0) is 31.2 Å². The number of likely N-dealkylation sites (N-methyl/N-ethyl adjacent to an activating group) is 1. The molecule has 14 heavy (non-hydrogen) atoms. The maximum Gasteiger partial charge on any atom is 0.0243 e. The lowest BCUT2D eigenvalue weighted by Gasteiger charge is -2.41. The van der Waals surface area contributed by atoms with Crippen molar-refractivity contribution in [3.63, 3.8) is 0 Å². The molecule has 1 atom stereocenters. The summed E-state index contributed by atoms with van der Waals surface area (Å²) in [4.78, 5) is 2.46. The third kappa shape index (κ3) is 3.25. The minimum atomic E-state index is 0.381. The molecular weight excluding hydrogens is 172 g/mol. The third-order valence-corrected chi connectivity index (χ3v) is 3.23. The van der Waals surface area contributed by atoms with Gasteiger partial charge in [0.25, 0.3) is 0 Å². The Balaban J connectivity index is 2.42. The highest BCUT2D eigenvalue weighted by Gasteiger charge is 2.30. The van der Waals surface area contributed by atoms with Crippen LogP contribution in [0.4, 0.5) is 0 Å². The quantitative estimate of drug-likeness (QED) is 0.749. The topological polar surface area (TPSA) is 29.3 Å². The van der Waals surface area contributed by atoms with Crippen LogP contribution in [0.2, 0.25) is 0 Å². The number of rotatable bonds is 4. The highest BCUT2D eigenvalue weighted by atomic mass is 15.1. The molecule has 0 aromatic heterocycles. The molecule has 1 aliphatic rings. The zero-order chi connectivity index (χ0) is 10.8. The zero-order valence-corrected chi connectivity index (χ0v) is 10.2. The van der Waals surface area contributed by atoms with Crippen molar-refractivity contribution in [1.29, 1.82) is 0 Å². The van der Waals surface area contributed by atoms with Crippen LogP contribution in [0.5, 0.6) is 0 Å². The van der Waals surface area contributed by atoms with E-state index in [9.17, 15) is 0 Å². The molecule has 2 heteroatoms. The number of hydrogen-bond donors (Lipinski definition) is 1. The standard InChI is InChI=1S/C12H26N2/c1-12(2,3)9-14(4)11(8-13)10-6-5-7-10/h10-11H,5-9,13H2,1-4H3. The van der Waals surface area contributed by atoms with E-state index in [0.717, 1.165) is 19.0 Å². The predicted molar refractivity (Wildman–Crippen MR) is 62.3 cm³/mol. The smallest absolute Gasteiger partial charge is 0.0243 e. The van der Waals surface area contributed by atoms with E-state index in [2.05, 4.69) is 32.7 Å². The lowest BCUT2D eigenvalue weighted by atomic mass is 9.78. The average Bonchev–Trinajstić information content (AvgIpc) is 1.92. The maximum atomic E-state index is 5.86. The van der Waals surface area contributed by atoms with Crippen molar-refractivity contribution in [2.45, 2.75) is 46.1 Å². The first kappa shape index (κ1) is 12.0. The summed E-state index contributed by atoms with van der Waals surface area (Å²) in [6.07, 6.45) is 4.18. The van der Waals surface area contributed by atoms with E-state index >= 15 is 0 Å². The van der Waals surface area contributed by atoms with Crippen LogP contribution in [-0.4, -0.2) is 31.1 Å². The Morgan fingerprint density at radius 2 is 1.93 bits per heavy atom. The maximum absolute atomic E-state index is 5.86. The molecule has 0 saturated heterocycles. The van der Waals surface area contributed by atoms with Crippen molar-refractivity contribution < 1.29 is 0 Å². The van der Waals surface area contributed by atoms with Crippen molar-refractivity contribution in [2.75, 3.05) is 20.1 Å². The van der Waals surface area contributed by atoms with E-state index in [-0.39, 0.29) is 0 Å². The zero-order valence-electron chi connectivity index (χ0n) is 10.2. The fourth-order valence-electron chi connectivity index (χ4n) is 2.42. The van der Waals surface area contributed by atoms with E-state index in [1.54, 1.807) is 0 Å². The van der Waals surface area contributed by atoms with Crippen LogP contribution in [0.3, 0.4) is 0 Å². The number of nitrogens with zero attached hydrogens (tertiary/aromatic N) is 1. The van der Waals surface area contributed by atoms with Crippen LogP contribution >= 0.6 is 0 Å². The van der Waals surface area contributed by atoms with Crippen molar-refractivity contribution in [3.8, 4) is 0 Å². The van der Waals surface area contributed by atoms with Gasteiger partial charge in [-0.25, -0.2) is 0 Å². The summed E-state index contributed by atoms with van der Waals surface area (Å²) >= 11 is 0. The van der Waals surface area contributed by atoms with Gasteiger partial charge in [0, 0.05) is 19.1 Å². The highest BCUT2D eigenvalue weighted by molar-refractivity contribution is 4.85. The first-order valence-corrected chi connectivity index (χ1v) is 5.84. The second kappa shape index (κ2) is 4.63. The molecule has 0 heterocycles. The molecule has 0 aliphatic heterocycles. The summed E-state index contributed by atoms with van der Waals surface area (Å²) in [5.74, 6) is 0.868. The molecule has 1 saturated carbocycles. The Morgan fingerprint density at radius 3 is 2.21 bits per heavy atom. The van der Waals surface area contributed by atoms with Gasteiger partial charge in [0.15, 0.2) is 0 Å². The van der Waals surface area contributed by atoms with Crippen LogP contribution < -0.4 is 5.73 Å². The summed E-state index contributed by atoms with van der Waals surface area (Å²) in [6, 6.07) is 0.614. The van der Waals surface area contributed by atoms with E-state index in [0.29, 0.717) is 11.5 Å². The fraction of sp³-hybridized carbons (Fsp3) is 1.00. The first-order valence-electron chi connectivity index (χ1n) is 5.84. The minimum absolute atomic E-state index is 0.381. The molecule has 0 bridgehead atoms. The minimum Gasteiger partial charge on any atom is -0.329 e. The van der Waals surface area contributed by atoms with Gasteiger partial charge in [-0.3, -0.25) is 0 Å². The molecule has 0 radical (unpaired) electrons. The molecule has 0 aromatic carbocycles. The van der Waals surface area contributed by atoms with Gasteiger partial charge in [0.2, 0.25) is 0 Å². The van der Waals surface area contributed by atoms with E-state index in [4.69, 9.17) is 5.73 Å². The van der Waals surface area contributed by atoms with Gasteiger partial charge in [-0.2, -0.15) is 0 Å². The van der Waals surface area contributed by atoms with E-state index < -0.39 is 0 Å².